The predicted molar refractivity (Wildman–Crippen MR) is 116 cm³/mol. The molecule has 144 valence electrons. The Morgan fingerprint density at radius 2 is 1.90 bits per heavy atom. The van der Waals surface area contributed by atoms with Crippen LogP contribution in [-0.2, 0) is 6.54 Å². The maximum Gasteiger partial charge on any atom is 0.216 e. The van der Waals surface area contributed by atoms with E-state index in [-0.39, 0.29) is 0 Å². The first-order valence-corrected chi connectivity index (χ1v) is 9.49. The Balaban J connectivity index is 1.46. The molecule has 0 aliphatic carbocycles. The first-order valence-electron chi connectivity index (χ1n) is 9.08. The van der Waals surface area contributed by atoms with Crippen molar-refractivity contribution in [3.63, 3.8) is 0 Å². The van der Waals surface area contributed by atoms with Gasteiger partial charge in [0.2, 0.25) is 4.77 Å². The largest absolute Gasteiger partial charge is 0.250 e. The molecule has 0 radical (unpaired) electrons. The molecule has 0 fully saturated rings. The second-order valence-electron chi connectivity index (χ2n) is 6.48. The van der Waals surface area contributed by atoms with Crippen LogP contribution in [0.3, 0.4) is 0 Å². The third-order valence-corrected chi connectivity index (χ3v) is 4.50. The molecule has 8 heteroatoms. The molecule has 2 aromatic heterocycles. The molecule has 4 rings (SSSR count). The van der Waals surface area contributed by atoms with Gasteiger partial charge in [-0.2, -0.15) is 14.9 Å². The first kappa shape index (κ1) is 18.7. The van der Waals surface area contributed by atoms with Crippen molar-refractivity contribution < 1.29 is 0 Å². The summed E-state index contributed by atoms with van der Waals surface area (Å²) in [5.74, 6) is 0.661. The van der Waals surface area contributed by atoms with E-state index in [1.807, 2.05) is 61.7 Å². The highest BCUT2D eigenvalue weighted by Gasteiger charge is 2.07. The lowest BCUT2D eigenvalue weighted by Gasteiger charge is -2.00. The van der Waals surface area contributed by atoms with Crippen LogP contribution in [0.4, 0.5) is 0 Å². The van der Waals surface area contributed by atoms with Crippen LogP contribution in [0.2, 0.25) is 0 Å². The zero-order valence-electron chi connectivity index (χ0n) is 15.8. The van der Waals surface area contributed by atoms with Gasteiger partial charge < -0.3 is 0 Å². The minimum Gasteiger partial charge on any atom is -0.250 e. The molecule has 0 unspecified atom stereocenters. The summed E-state index contributed by atoms with van der Waals surface area (Å²) < 4.78 is 3.82. The smallest absolute Gasteiger partial charge is 0.216 e. The van der Waals surface area contributed by atoms with Crippen molar-refractivity contribution in [2.75, 3.05) is 0 Å². The zero-order valence-corrected chi connectivity index (χ0v) is 16.6. The highest BCUT2D eigenvalue weighted by atomic mass is 32.1. The fourth-order valence-electron chi connectivity index (χ4n) is 2.77. The van der Waals surface area contributed by atoms with Gasteiger partial charge in [-0.25, -0.2) is 9.78 Å². The Hall–Kier alpha value is -3.65. The standard InChI is InChI=1S/C21H19N7S/c1-16-9-11-18(12-10-16)20-24-25-21(29)28(20)22-13-5-8-19-15-27(26-23-19)14-17-6-3-2-4-7-17/h2-13,15H,14H2,1H3,(H,25,29)/b8-5+,22-13-. The lowest BCUT2D eigenvalue weighted by molar-refractivity contribution is 0.649. The summed E-state index contributed by atoms with van der Waals surface area (Å²) in [7, 11) is 0. The Bertz CT molecular complexity index is 1200. The number of rotatable bonds is 6. The lowest BCUT2D eigenvalue weighted by atomic mass is 10.1. The summed E-state index contributed by atoms with van der Waals surface area (Å²) in [4.78, 5) is 0. The van der Waals surface area contributed by atoms with Crippen LogP contribution in [0, 0.1) is 11.7 Å². The summed E-state index contributed by atoms with van der Waals surface area (Å²) in [6.07, 6.45) is 7.18. The Morgan fingerprint density at radius 3 is 2.69 bits per heavy atom. The Kier molecular flexibility index (Phi) is 5.53. The molecule has 0 saturated heterocycles. The van der Waals surface area contributed by atoms with Crippen LogP contribution in [0.1, 0.15) is 16.8 Å². The van der Waals surface area contributed by atoms with Gasteiger partial charge in [-0.05, 0) is 36.9 Å². The van der Waals surface area contributed by atoms with Crippen molar-refractivity contribution in [3.8, 4) is 11.4 Å². The van der Waals surface area contributed by atoms with E-state index in [2.05, 4.69) is 37.7 Å². The monoisotopic (exact) mass is 401 g/mol. The Labute approximate surface area is 173 Å². The quantitative estimate of drug-likeness (QED) is 0.390. The van der Waals surface area contributed by atoms with Gasteiger partial charge in [0.15, 0.2) is 5.82 Å². The van der Waals surface area contributed by atoms with Crippen LogP contribution >= 0.6 is 12.2 Å². The summed E-state index contributed by atoms with van der Waals surface area (Å²) in [6, 6.07) is 18.2. The van der Waals surface area contributed by atoms with Gasteiger partial charge in [-0.3, -0.25) is 0 Å². The molecule has 0 bridgehead atoms. The fourth-order valence-corrected chi connectivity index (χ4v) is 2.95. The number of aromatic nitrogens is 6. The molecule has 0 atom stereocenters. The van der Waals surface area contributed by atoms with Crippen LogP contribution in [-0.4, -0.2) is 36.1 Å². The predicted octanol–water partition coefficient (Wildman–Crippen LogP) is 4.10. The molecule has 0 aliphatic heterocycles. The third-order valence-electron chi connectivity index (χ3n) is 4.24. The van der Waals surface area contributed by atoms with Crippen LogP contribution < -0.4 is 0 Å². The minimum atomic E-state index is 0.430. The van der Waals surface area contributed by atoms with Crippen molar-refractivity contribution in [2.24, 2.45) is 5.10 Å². The summed E-state index contributed by atoms with van der Waals surface area (Å²) in [5.41, 5.74) is 4.04. The van der Waals surface area contributed by atoms with Crippen LogP contribution in [0.25, 0.3) is 17.5 Å². The van der Waals surface area contributed by atoms with Crippen molar-refractivity contribution in [2.45, 2.75) is 13.5 Å². The van der Waals surface area contributed by atoms with Gasteiger partial charge in [-0.15, -0.1) is 5.10 Å². The Morgan fingerprint density at radius 1 is 1.10 bits per heavy atom. The number of allylic oxidation sites excluding steroid dienone is 1. The van der Waals surface area contributed by atoms with E-state index in [0.29, 0.717) is 17.1 Å². The van der Waals surface area contributed by atoms with Crippen molar-refractivity contribution >= 4 is 24.5 Å². The summed E-state index contributed by atoms with van der Waals surface area (Å²) in [5, 5.41) is 19.8. The number of hydrogen-bond donors (Lipinski definition) is 1. The molecule has 0 spiro atoms. The van der Waals surface area contributed by atoms with E-state index < -0.39 is 0 Å². The van der Waals surface area contributed by atoms with Gasteiger partial charge in [0.1, 0.15) is 5.69 Å². The fraction of sp³-hybridized carbons (Fsp3) is 0.0952. The SMILES string of the molecule is Cc1ccc(-c2n[nH]c(=S)n2/N=C\C=C\c2cn(Cc3ccccc3)nn2)cc1. The maximum atomic E-state index is 5.29. The molecule has 7 nitrogen and oxygen atoms in total. The number of aryl methyl sites for hydroxylation is 1. The normalized spacial score (nSPS) is 11.6. The molecule has 29 heavy (non-hydrogen) atoms. The first-order chi connectivity index (χ1) is 14.2. The molecule has 0 amide bonds. The highest BCUT2D eigenvalue weighted by molar-refractivity contribution is 7.71. The minimum absolute atomic E-state index is 0.430. The van der Waals surface area contributed by atoms with Crippen molar-refractivity contribution in [1.82, 2.24) is 29.9 Å². The van der Waals surface area contributed by atoms with Crippen molar-refractivity contribution in [3.05, 3.63) is 88.5 Å². The van der Waals surface area contributed by atoms with E-state index in [9.17, 15) is 0 Å². The molecule has 1 N–H and O–H groups in total. The van der Waals surface area contributed by atoms with E-state index >= 15 is 0 Å². The van der Waals surface area contributed by atoms with Crippen molar-refractivity contribution in [1.29, 1.82) is 0 Å². The highest BCUT2D eigenvalue weighted by Crippen LogP contribution is 2.17. The molecular weight excluding hydrogens is 382 g/mol. The molecular formula is C21H19N7S. The summed E-state index contributed by atoms with van der Waals surface area (Å²) in [6.45, 7) is 2.72. The van der Waals surface area contributed by atoms with E-state index in [4.69, 9.17) is 12.2 Å². The lowest BCUT2D eigenvalue weighted by Crippen LogP contribution is -1.99. The number of benzene rings is 2. The van der Waals surface area contributed by atoms with Gasteiger partial charge in [0, 0.05) is 11.8 Å². The molecule has 0 saturated carbocycles. The summed E-state index contributed by atoms with van der Waals surface area (Å²) >= 11 is 5.29. The van der Waals surface area contributed by atoms with Gasteiger partial charge in [0.05, 0.1) is 12.7 Å². The number of nitrogens with one attached hydrogen (secondary N) is 1. The van der Waals surface area contributed by atoms with Gasteiger partial charge in [0.25, 0.3) is 0 Å². The topological polar surface area (TPSA) is 76.7 Å². The second-order valence-corrected chi connectivity index (χ2v) is 6.87. The number of nitrogens with zero attached hydrogens (tertiary/aromatic N) is 6. The van der Waals surface area contributed by atoms with E-state index in [1.165, 1.54) is 11.1 Å². The van der Waals surface area contributed by atoms with E-state index in [1.54, 1.807) is 21.6 Å². The molecule has 4 aromatic rings. The second kappa shape index (κ2) is 8.57. The molecule has 0 aliphatic rings. The van der Waals surface area contributed by atoms with Gasteiger partial charge in [-0.1, -0.05) is 65.4 Å². The average molecular weight is 401 g/mol. The number of aromatic amines is 1. The third kappa shape index (κ3) is 4.61. The average Bonchev–Trinajstić information content (AvgIpc) is 3.33. The van der Waals surface area contributed by atoms with Crippen LogP contribution in [0.15, 0.2) is 72.0 Å². The van der Waals surface area contributed by atoms with Crippen LogP contribution in [0.5, 0.6) is 0 Å². The maximum absolute atomic E-state index is 5.29. The van der Waals surface area contributed by atoms with Gasteiger partial charge >= 0.3 is 0 Å². The number of hydrogen-bond acceptors (Lipinski definition) is 5. The molecule has 2 aromatic carbocycles. The number of H-pyrrole nitrogens is 1. The zero-order chi connectivity index (χ0) is 20.1. The van der Waals surface area contributed by atoms with E-state index in [0.717, 1.165) is 11.3 Å². The molecule has 2 heterocycles.